The van der Waals surface area contributed by atoms with Gasteiger partial charge in [-0.3, -0.25) is 0 Å². The fourth-order valence-corrected chi connectivity index (χ4v) is 2.70. The van der Waals surface area contributed by atoms with E-state index in [2.05, 4.69) is 0 Å². The summed E-state index contributed by atoms with van der Waals surface area (Å²) in [6.07, 6.45) is 0. The van der Waals surface area contributed by atoms with E-state index in [-0.39, 0.29) is 11.5 Å². The first-order valence-corrected chi connectivity index (χ1v) is 6.41. The monoisotopic (exact) mass is 243 g/mol. The normalized spacial score (nSPS) is 13.1. The first-order valence-electron chi connectivity index (χ1n) is 4.97. The summed E-state index contributed by atoms with van der Waals surface area (Å²) < 4.78 is 25.5. The summed E-state index contributed by atoms with van der Waals surface area (Å²) in [5, 5.41) is 9.17. The topological polar surface area (TPSA) is 57.6 Å². The Morgan fingerprint density at radius 1 is 1.25 bits per heavy atom. The van der Waals surface area contributed by atoms with Gasteiger partial charge in [0.25, 0.3) is 0 Å². The highest BCUT2D eigenvalue weighted by molar-refractivity contribution is 7.89. The molecule has 0 aliphatic carbocycles. The molecule has 0 aliphatic heterocycles. The number of hydrogen-bond acceptors (Lipinski definition) is 3. The maximum atomic E-state index is 12.2. The molecule has 0 amide bonds. The number of aliphatic hydroxyl groups is 1. The van der Waals surface area contributed by atoms with Crippen molar-refractivity contribution >= 4 is 10.0 Å². The molecule has 16 heavy (non-hydrogen) atoms. The van der Waals surface area contributed by atoms with Gasteiger partial charge in [-0.2, -0.15) is 4.31 Å². The molecule has 90 valence electrons. The van der Waals surface area contributed by atoms with Gasteiger partial charge in [-0.25, -0.2) is 8.42 Å². The van der Waals surface area contributed by atoms with Crippen molar-refractivity contribution in [1.29, 1.82) is 0 Å². The highest BCUT2D eigenvalue weighted by Gasteiger charge is 2.33. The van der Waals surface area contributed by atoms with E-state index in [1.807, 2.05) is 0 Å². The number of aliphatic hydroxyl groups excluding tert-OH is 1. The molecule has 1 aromatic rings. The largest absolute Gasteiger partial charge is 0.394 e. The minimum absolute atomic E-state index is 0.227. The van der Waals surface area contributed by atoms with Crippen LogP contribution in [0.15, 0.2) is 35.2 Å². The van der Waals surface area contributed by atoms with Crippen molar-refractivity contribution < 1.29 is 13.5 Å². The van der Waals surface area contributed by atoms with Crippen LogP contribution in [0.3, 0.4) is 0 Å². The molecule has 0 radical (unpaired) electrons. The molecule has 5 heteroatoms. The van der Waals surface area contributed by atoms with Crippen LogP contribution in [-0.2, 0) is 10.0 Å². The summed E-state index contributed by atoms with van der Waals surface area (Å²) >= 11 is 0. The SMILES string of the molecule is CN(C(C)(C)CO)S(=O)(=O)c1ccccc1. The van der Waals surface area contributed by atoms with E-state index in [0.717, 1.165) is 0 Å². The predicted molar refractivity (Wildman–Crippen MR) is 62.6 cm³/mol. The third-order valence-corrected chi connectivity index (χ3v) is 4.72. The molecule has 0 bridgehead atoms. The van der Waals surface area contributed by atoms with Crippen molar-refractivity contribution in [3.63, 3.8) is 0 Å². The molecule has 0 aromatic heterocycles. The quantitative estimate of drug-likeness (QED) is 0.861. The molecule has 0 heterocycles. The summed E-state index contributed by atoms with van der Waals surface area (Å²) in [7, 11) is -2.06. The minimum Gasteiger partial charge on any atom is -0.394 e. The number of hydrogen-bond donors (Lipinski definition) is 1. The Morgan fingerprint density at radius 3 is 2.19 bits per heavy atom. The summed E-state index contributed by atoms with van der Waals surface area (Å²) in [4.78, 5) is 0.235. The fraction of sp³-hybridized carbons (Fsp3) is 0.455. The summed E-state index contributed by atoms with van der Waals surface area (Å²) in [5.41, 5.74) is -0.811. The van der Waals surface area contributed by atoms with Gasteiger partial charge in [0.15, 0.2) is 0 Å². The maximum Gasteiger partial charge on any atom is 0.243 e. The lowest BCUT2D eigenvalue weighted by atomic mass is 10.1. The molecule has 1 rings (SSSR count). The van der Waals surface area contributed by atoms with Gasteiger partial charge in [-0.05, 0) is 26.0 Å². The fourth-order valence-electron chi connectivity index (χ4n) is 1.18. The Bertz CT molecular complexity index is 440. The van der Waals surface area contributed by atoms with Gasteiger partial charge in [0.1, 0.15) is 0 Å². The van der Waals surface area contributed by atoms with E-state index < -0.39 is 15.6 Å². The third-order valence-electron chi connectivity index (χ3n) is 2.64. The standard InChI is InChI=1S/C11H17NO3S/c1-11(2,9-13)12(3)16(14,15)10-7-5-4-6-8-10/h4-8,13H,9H2,1-3H3. The smallest absolute Gasteiger partial charge is 0.243 e. The number of nitrogens with zero attached hydrogens (tertiary/aromatic N) is 1. The van der Waals surface area contributed by atoms with Crippen molar-refractivity contribution in [3.8, 4) is 0 Å². The first kappa shape index (κ1) is 13.2. The second-order valence-electron chi connectivity index (χ2n) is 4.26. The third kappa shape index (κ3) is 2.42. The molecule has 0 spiro atoms. The molecule has 0 saturated heterocycles. The number of benzene rings is 1. The lowest BCUT2D eigenvalue weighted by Gasteiger charge is -2.32. The molecule has 1 N–H and O–H groups in total. The van der Waals surface area contributed by atoms with Crippen LogP contribution in [0.5, 0.6) is 0 Å². The van der Waals surface area contributed by atoms with Gasteiger partial charge in [-0.1, -0.05) is 18.2 Å². The summed E-state index contributed by atoms with van der Waals surface area (Å²) in [6.45, 7) is 3.12. The van der Waals surface area contributed by atoms with Crippen LogP contribution in [0.2, 0.25) is 0 Å². The van der Waals surface area contributed by atoms with E-state index in [1.165, 1.54) is 11.4 Å². The van der Waals surface area contributed by atoms with Crippen LogP contribution in [0.1, 0.15) is 13.8 Å². The lowest BCUT2D eigenvalue weighted by Crippen LogP contribution is -2.47. The van der Waals surface area contributed by atoms with E-state index >= 15 is 0 Å². The summed E-state index contributed by atoms with van der Waals surface area (Å²) in [6, 6.07) is 8.19. The average molecular weight is 243 g/mol. The van der Waals surface area contributed by atoms with Gasteiger partial charge < -0.3 is 5.11 Å². The van der Waals surface area contributed by atoms with Crippen molar-refractivity contribution in [2.24, 2.45) is 0 Å². The highest BCUT2D eigenvalue weighted by atomic mass is 32.2. The second kappa shape index (κ2) is 4.53. The Labute approximate surface area is 96.6 Å². The highest BCUT2D eigenvalue weighted by Crippen LogP contribution is 2.21. The second-order valence-corrected chi connectivity index (χ2v) is 6.23. The van der Waals surface area contributed by atoms with Crippen molar-refractivity contribution in [3.05, 3.63) is 30.3 Å². The van der Waals surface area contributed by atoms with E-state index in [1.54, 1.807) is 44.2 Å². The Kier molecular flexibility index (Phi) is 3.72. The van der Waals surface area contributed by atoms with Crippen LogP contribution in [-0.4, -0.2) is 37.0 Å². The van der Waals surface area contributed by atoms with E-state index in [9.17, 15) is 8.42 Å². The number of rotatable bonds is 4. The molecular weight excluding hydrogens is 226 g/mol. The predicted octanol–water partition coefficient (Wildman–Crippen LogP) is 1.08. The van der Waals surface area contributed by atoms with E-state index in [0.29, 0.717) is 0 Å². The zero-order valence-electron chi connectivity index (χ0n) is 9.71. The lowest BCUT2D eigenvalue weighted by molar-refractivity contribution is 0.138. The zero-order chi connectivity index (χ0) is 12.4. The zero-order valence-corrected chi connectivity index (χ0v) is 10.5. The van der Waals surface area contributed by atoms with Crippen molar-refractivity contribution in [2.45, 2.75) is 24.3 Å². The van der Waals surface area contributed by atoms with Gasteiger partial charge in [0.2, 0.25) is 10.0 Å². The van der Waals surface area contributed by atoms with Gasteiger partial charge >= 0.3 is 0 Å². The molecule has 0 unspecified atom stereocenters. The van der Waals surface area contributed by atoms with E-state index in [4.69, 9.17) is 5.11 Å². The molecule has 4 nitrogen and oxygen atoms in total. The molecule has 0 fully saturated rings. The molecule has 0 aliphatic rings. The number of sulfonamides is 1. The molecule has 0 atom stereocenters. The molecule has 1 aromatic carbocycles. The van der Waals surface area contributed by atoms with Crippen LogP contribution in [0, 0.1) is 0 Å². The van der Waals surface area contributed by atoms with Crippen LogP contribution < -0.4 is 0 Å². The van der Waals surface area contributed by atoms with Crippen LogP contribution in [0.25, 0.3) is 0 Å². The Hall–Kier alpha value is -0.910. The maximum absolute atomic E-state index is 12.2. The first-order chi connectivity index (χ1) is 7.32. The Morgan fingerprint density at radius 2 is 1.75 bits per heavy atom. The molecular formula is C11H17NO3S. The van der Waals surface area contributed by atoms with Crippen molar-refractivity contribution in [2.75, 3.05) is 13.7 Å². The van der Waals surface area contributed by atoms with Crippen LogP contribution in [0.4, 0.5) is 0 Å². The van der Waals surface area contributed by atoms with Gasteiger partial charge in [-0.15, -0.1) is 0 Å². The van der Waals surface area contributed by atoms with Crippen LogP contribution >= 0.6 is 0 Å². The minimum atomic E-state index is -3.54. The van der Waals surface area contributed by atoms with Gasteiger partial charge in [0, 0.05) is 7.05 Å². The molecule has 0 saturated carbocycles. The van der Waals surface area contributed by atoms with Crippen molar-refractivity contribution in [1.82, 2.24) is 4.31 Å². The van der Waals surface area contributed by atoms with Gasteiger partial charge in [0.05, 0.1) is 17.0 Å². The number of likely N-dealkylation sites (N-methyl/N-ethyl adjacent to an activating group) is 1. The average Bonchev–Trinajstić information content (AvgIpc) is 2.29. The Balaban J connectivity index is 3.14. The summed E-state index contributed by atoms with van der Waals surface area (Å²) in [5.74, 6) is 0.